The highest BCUT2D eigenvalue weighted by atomic mass is 35.5. The molecule has 1 unspecified atom stereocenters. The molecule has 3 rings (SSSR count). The van der Waals surface area contributed by atoms with E-state index in [1.165, 1.54) is 0 Å². The summed E-state index contributed by atoms with van der Waals surface area (Å²) in [6, 6.07) is 5.92. The molecule has 1 saturated heterocycles. The molecule has 6 nitrogen and oxygen atoms in total. The zero-order valence-corrected chi connectivity index (χ0v) is 17.6. The van der Waals surface area contributed by atoms with E-state index in [1.807, 2.05) is 36.9 Å². The smallest absolute Gasteiger partial charge is 0.271 e. The van der Waals surface area contributed by atoms with E-state index in [0.717, 1.165) is 49.3 Å². The number of aromatic nitrogens is 2. The molecule has 1 aliphatic rings. The van der Waals surface area contributed by atoms with Crippen molar-refractivity contribution in [1.82, 2.24) is 20.2 Å². The molecule has 0 radical (unpaired) electrons. The lowest BCUT2D eigenvalue weighted by Gasteiger charge is -2.31. The van der Waals surface area contributed by atoms with Crippen LogP contribution in [-0.2, 0) is 6.54 Å². The number of Topliss-reactive ketones (excluding diaryl/α,β-unsaturated/α-hetero) is 1. The number of aryl methyl sites for hydroxylation is 1. The van der Waals surface area contributed by atoms with Gasteiger partial charge >= 0.3 is 0 Å². The van der Waals surface area contributed by atoms with E-state index in [4.69, 9.17) is 0 Å². The number of pyridine rings is 1. The first-order valence-electron chi connectivity index (χ1n) is 9.60. The van der Waals surface area contributed by atoms with Crippen molar-refractivity contribution < 1.29 is 9.59 Å². The van der Waals surface area contributed by atoms with Crippen molar-refractivity contribution >= 4 is 24.1 Å². The van der Waals surface area contributed by atoms with Crippen molar-refractivity contribution in [2.75, 3.05) is 13.1 Å². The standard InChI is InChI=1S/C21H28N4O2.ClH/c1-14-19(16(3)26)15(2)24-20(14)21(27)25(13-17-7-4-5-11-23-17)18-8-6-10-22-12-9-18;/h4-5,7,11,18,22,24H,6,8-10,12-13H2,1-3H3;1H. The Morgan fingerprint density at radius 3 is 2.64 bits per heavy atom. The minimum Gasteiger partial charge on any atom is -0.354 e. The van der Waals surface area contributed by atoms with Gasteiger partial charge in [-0.05, 0) is 70.8 Å². The fourth-order valence-electron chi connectivity index (χ4n) is 3.98. The Bertz CT molecular complexity index is 811. The summed E-state index contributed by atoms with van der Waals surface area (Å²) in [6.07, 6.45) is 4.67. The third-order valence-electron chi connectivity index (χ3n) is 5.31. The lowest BCUT2D eigenvalue weighted by atomic mass is 10.0. The van der Waals surface area contributed by atoms with E-state index in [0.29, 0.717) is 17.8 Å². The molecule has 28 heavy (non-hydrogen) atoms. The molecule has 0 aliphatic carbocycles. The molecule has 2 N–H and O–H groups in total. The number of hydrogen-bond donors (Lipinski definition) is 2. The van der Waals surface area contributed by atoms with Crippen LogP contribution in [0.3, 0.4) is 0 Å². The van der Waals surface area contributed by atoms with Crippen LogP contribution in [0, 0.1) is 13.8 Å². The molecular formula is C21H29ClN4O2. The topological polar surface area (TPSA) is 78.1 Å². The molecule has 2 aromatic heterocycles. The van der Waals surface area contributed by atoms with Gasteiger partial charge in [-0.25, -0.2) is 0 Å². The summed E-state index contributed by atoms with van der Waals surface area (Å²) in [7, 11) is 0. The van der Waals surface area contributed by atoms with Crippen molar-refractivity contribution in [3.63, 3.8) is 0 Å². The van der Waals surface area contributed by atoms with Crippen LogP contribution < -0.4 is 5.32 Å². The van der Waals surface area contributed by atoms with Gasteiger partial charge in [-0.2, -0.15) is 0 Å². The summed E-state index contributed by atoms with van der Waals surface area (Å²) >= 11 is 0. The summed E-state index contributed by atoms with van der Waals surface area (Å²) in [5.74, 6) is -0.0732. The Balaban J connectivity index is 0.00000280. The minimum absolute atomic E-state index is 0. The Hall–Kier alpha value is -2.18. The molecule has 1 aliphatic heterocycles. The molecule has 2 aromatic rings. The number of rotatable bonds is 5. The Morgan fingerprint density at radius 2 is 2.00 bits per heavy atom. The molecule has 1 atom stereocenters. The molecule has 0 spiro atoms. The van der Waals surface area contributed by atoms with Crippen LogP contribution in [0.25, 0.3) is 0 Å². The van der Waals surface area contributed by atoms with E-state index in [9.17, 15) is 9.59 Å². The van der Waals surface area contributed by atoms with Gasteiger partial charge in [-0.3, -0.25) is 14.6 Å². The van der Waals surface area contributed by atoms with E-state index in [1.54, 1.807) is 13.1 Å². The first-order chi connectivity index (χ1) is 13.0. The second kappa shape index (κ2) is 9.85. The Kier molecular flexibility index (Phi) is 7.78. The summed E-state index contributed by atoms with van der Waals surface area (Å²) < 4.78 is 0. The third-order valence-corrected chi connectivity index (χ3v) is 5.31. The van der Waals surface area contributed by atoms with Crippen LogP contribution in [0.1, 0.15) is 64.0 Å². The fraction of sp³-hybridized carbons (Fsp3) is 0.476. The highest BCUT2D eigenvalue weighted by Gasteiger charge is 2.29. The van der Waals surface area contributed by atoms with Crippen molar-refractivity contribution in [2.45, 2.75) is 52.6 Å². The fourth-order valence-corrected chi connectivity index (χ4v) is 3.98. The lowest BCUT2D eigenvalue weighted by Crippen LogP contribution is -2.41. The van der Waals surface area contributed by atoms with Gasteiger partial charge in [0.05, 0.1) is 12.2 Å². The predicted molar refractivity (Wildman–Crippen MR) is 112 cm³/mol. The molecule has 0 bridgehead atoms. The summed E-state index contributed by atoms with van der Waals surface area (Å²) in [4.78, 5) is 35.0. The van der Waals surface area contributed by atoms with Crippen LogP contribution >= 0.6 is 12.4 Å². The second-order valence-electron chi connectivity index (χ2n) is 7.27. The summed E-state index contributed by atoms with van der Waals surface area (Å²) in [6.45, 7) is 7.59. The number of halogens is 1. The molecule has 1 amide bonds. The first-order valence-corrected chi connectivity index (χ1v) is 9.60. The number of ketones is 1. The predicted octanol–water partition coefficient (Wildman–Crippen LogP) is 3.44. The number of carbonyl (C=O) groups is 2. The number of H-pyrrole nitrogens is 1. The van der Waals surface area contributed by atoms with Crippen molar-refractivity contribution in [2.24, 2.45) is 0 Å². The maximum Gasteiger partial charge on any atom is 0.271 e. The molecule has 7 heteroatoms. The SMILES string of the molecule is CC(=O)c1c(C)[nH]c(C(=O)N(Cc2ccccn2)C2CCCNCC2)c1C.Cl. The zero-order chi connectivity index (χ0) is 19.4. The Labute approximate surface area is 172 Å². The van der Waals surface area contributed by atoms with E-state index < -0.39 is 0 Å². The average molecular weight is 405 g/mol. The van der Waals surface area contributed by atoms with Crippen LogP contribution in [0.15, 0.2) is 24.4 Å². The molecule has 1 fully saturated rings. The van der Waals surface area contributed by atoms with Gasteiger partial charge in [0, 0.05) is 23.5 Å². The molecular weight excluding hydrogens is 376 g/mol. The number of nitrogens with zero attached hydrogens (tertiary/aromatic N) is 2. The monoisotopic (exact) mass is 404 g/mol. The highest BCUT2D eigenvalue weighted by molar-refractivity contribution is 6.02. The van der Waals surface area contributed by atoms with Crippen LogP contribution in [0.2, 0.25) is 0 Å². The number of hydrogen-bond acceptors (Lipinski definition) is 4. The molecule has 0 aromatic carbocycles. The summed E-state index contributed by atoms with van der Waals surface area (Å²) in [5.41, 5.74) is 3.51. The van der Waals surface area contributed by atoms with E-state index >= 15 is 0 Å². The number of aromatic amines is 1. The zero-order valence-electron chi connectivity index (χ0n) is 16.7. The molecule has 152 valence electrons. The van der Waals surface area contributed by atoms with Crippen molar-refractivity contribution in [3.05, 3.63) is 52.6 Å². The number of carbonyl (C=O) groups excluding carboxylic acids is 2. The van der Waals surface area contributed by atoms with Crippen molar-refractivity contribution in [1.29, 1.82) is 0 Å². The van der Waals surface area contributed by atoms with Gasteiger partial charge < -0.3 is 15.2 Å². The van der Waals surface area contributed by atoms with Gasteiger partial charge in [0.25, 0.3) is 5.91 Å². The van der Waals surface area contributed by atoms with Crippen molar-refractivity contribution in [3.8, 4) is 0 Å². The third kappa shape index (κ3) is 4.80. The maximum absolute atomic E-state index is 13.5. The van der Waals surface area contributed by atoms with Gasteiger partial charge in [0.1, 0.15) is 5.69 Å². The van der Waals surface area contributed by atoms with Gasteiger partial charge in [0.15, 0.2) is 5.78 Å². The van der Waals surface area contributed by atoms with Gasteiger partial charge in [-0.1, -0.05) is 6.07 Å². The van der Waals surface area contributed by atoms with Crippen LogP contribution in [0.4, 0.5) is 0 Å². The van der Waals surface area contributed by atoms with Gasteiger partial charge in [0.2, 0.25) is 0 Å². The molecule has 3 heterocycles. The minimum atomic E-state index is -0.0550. The number of nitrogens with one attached hydrogen (secondary N) is 2. The normalized spacial score (nSPS) is 16.8. The molecule has 0 saturated carbocycles. The van der Waals surface area contributed by atoms with Gasteiger partial charge in [-0.15, -0.1) is 12.4 Å². The van der Waals surface area contributed by atoms with Crippen LogP contribution in [-0.4, -0.2) is 45.7 Å². The van der Waals surface area contributed by atoms with E-state index in [-0.39, 0.29) is 30.1 Å². The largest absolute Gasteiger partial charge is 0.354 e. The highest BCUT2D eigenvalue weighted by Crippen LogP contribution is 2.24. The summed E-state index contributed by atoms with van der Waals surface area (Å²) in [5, 5.41) is 3.41. The van der Waals surface area contributed by atoms with Crippen LogP contribution in [0.5, 0.6) is 0 Å². The average Bonchev–Trinajstić information content (AvgIpc) is 2.82. The lowest BCUT2D eigenvalue weighted by molar-refractivity contribution is 0.0636. The number of amides is 1. The quantitative estimate of drug-likeness (QED) is 0.748. The Morgan fingerprint density at radius 1 is 1.21 bits per heavy atom. The second-order valence-corrected chi connectivity index (χ2v) is 7.27. The first kappa shape index (κ1) is 22.1. The van der Waals surface area contributed by atoms with E-state index in [2.05, 4.69) is 15.3 Å². The maximum atomic E-state index is 13.5.